The van der Waals surface area contributed by atoms with Crippen molar-refractivity contribution in [2.45, 2.75) is 0 Å². The van der Waals surface area contributed by atoms with Crippen LogP contribution in [0.15, 0.2) is 218 Å². The van der Waals surface area contributed by atoms with Gasteiger partial charge in [-0.05, 0) is 99.3 Å². The lowest BCUT2D eigenvalue weighted by molar-refractivity contribution is 1.18. The van der Waals surface area contributed by atoms with Crippen molar-refractivity contribution in [3.05, 3.63) is 218 Å². The van der Waals surface area contributed by atoms with Crippen molar-refractivity contribution in [1.82, 2.24) is 4.57 Å². The highest BCUT2D eigenvalue weighted by Crippen LogP contribution is 2.43. The molecule has 0 aliphatic rings. The average molecular weight is 689 g/mol. The van der Waals surface area contributed by atoms with E-state index in [1.54, 1.807) is 0 Å². The summed E-state index contributed by atoms with van der Waals surface area (Å²) in [5, 5.41) is 5.02. The van der Waals surface area contributed by atoms with Gasteiger partial charge in [-0.3, -0.25) is 0 Å². The van der Waals surface area contributed by atoms with E-state index < -0.39 is 0 Å². The highest BCUT2D eigenvalue weighted by Gasteiger charge is 2.19. The number of rotatable bonds is 7. The Morgan fingerprint density at radius 3 is 1.72 bits per heavy atom. The van der Waals surface area contributed by atoms with Gasteiger partial charge < -0.3 is 9.47 Å². The van der Waals surface area contributed by atoms with Crippen LogP contribution in [0.2, 0.25) is 0 Å². The molecule has 1 heterocycles. The minimum Gasteiger partial charge on any atom is -0.310 e. The van der Waals surface area contributed by atoms with Crippen molar-refractivity contribution in [3.63, 3.8) is 0 Å². The van der Waals surface area contributed by atoms with E-state index in [0.29, 0.717) is 0 Å². The van der Waals surface area contributed by atoms with Crippen LogP contribution < -0.4 is 4.90 Å². The van der Waals surface area contributed by atoms with E-state index in [9.17, 15) is 0 Å². The van der Waals surface area contributed by atoms with Crippen LogP contribution >= 0.6 is 0 Å². The van der Waals surface area contributed by atoms with Gasteiger partial charge in [0.1, 0.15) is 0 Å². The lowest BCUT2D eigenvalue weighted by Crippen LogP contribution is -2.11. The van der Waals surface area contributed by atoms with Gasteiger partial charge in [-0.1, -0.05) is 158 Å². The zero-order valence-electron chi connectivity index (χ0n) is 29.7. The third kappa shape index (κ3) is 5.53. The van der Waals surface area contributed by atoms with Crippen LogP contribution in [-0.2, 0) is 0 Å². The number of benzene rings is 9. The largest absolute Gasteiger partial charge is 0.310 e. The Morgan fingerprint density at radius 2 is 0.926 bits per heavy atom. The Morgan fingerprint density at radius 1 is 0.333 bits per heavy atom. The Kier molecular flexibility index (Phi) is 7.85. The molecule has 2 heteroatoms. The maximum Gasteiger partial charge on any atom is 0.0547 e. The van der Waals surface area contributed by atoms with Gasteiger partial charge in [-0.15, -0.1) is 0 Å². The summed E-state index contributed by atoms with van der Waals surface area (Å²) >= 11 is 0. The fourth-order valence-electron chi connectivity index (χ4n) is 8.04. The average Bonchev–Trinajstić information content (AvgIpc) is 3.60. The lowest BCUT2D eigenvalue weighted by Gasteiger charge is -2.28. The van der Waals surface area contributed by atoms with E-state index in [2.05, 4.69) is 228 Å². The molecule has 10 rings (SSSR count). The summed E-state index contributed by atoms with van der Waals surface area (Å²) in [6.07, 6.45) is 0. The minimum absolute atomic E-state index is 1.10. The molecule has 0 aliphatic carbocycles. The first kappa shape index (κ1) is 31.6. The van der Waals surface area contributed by atoms with Crippen molar-refractivity contribution in [2.24, 2.45) is 0 Å². The number of hydrogen-bond donors (Lipinski definition) is 0. The van der Waals surface area contributed by atoms with E-state index >= 15 is 0 Å². The van der Waals surface area contributed by atoms with Gasteiger partial charge in [0.15, 0.2) is 0 Å². The third-order valence-electron chi connectivity index (χ3n) is 10.6. The molecule has 0 saturated carbocycles. The zero-order valence-corrected chi connectivity index (χ0v) is 29.7. The standard InChI is InChI=1S/C52H36N2/c1-4-15-37(16-5-1)38-29-32-44(33-30-38)53(49-25-12-10-23-46(49)39-17-6-2-7-18-39)45-22-14-19-41(35-45)42-28-27-40-31-34-51-52(48(40)36-42)47-24-11-13-26-50(47)54(51)43-20-8-3-9-21-43/h1-36H. The first-order chi connectivity index (χ1) is 26.8. The van der Waals surface area contributed by atoms with Crippen LogP contribution in [0.25, 0.3) is 71.6 Å². The summed E-state index contributed by atoms with van der Waals surface area (Å²) in [4.78, 5) is 2.40. The smallest absolute Gasteiger partial charge is 0.0547 e. The highest BCUT2D eigenvalue weighted by molar-refractivity contribution is 6.21. The van der Waals surface area contributed by atoms with Crippen LogP contribution in [0.1, 0.15) is 0 Å². The summed E-state index contributed by atoms with van der Waals surface area (Å²) in [5.74, 6) is 0. The number of fused-ring (bicyclic) bond motifs is 5. The maximum absolute atomic E-state index is 2.40. The molecule has 1 aromatic heterocycles. The summed E-state index contributed by atoms with van der Waals surface area (Å²) in [6.45, 7) is 0. The first-order valence-corrected chi connectivity index (χ1v) is 18.5. The Labute approximate surface area is 315 Å². The molecule has 0 saturated heterocycles. The number of anilines is 3. The summed E-state index contributed by atoms with van der Waals surface area (Å²) in [5.41, 5.74) is 14.0. The number of nitrogens with zero attached hydrogens (tertiary/aromatic N) is 2. The molecule has 9 aromatic carbocycles. The van der Waals surface area contributed by atoms with Gasteiger partial charge in [-0.25, -0.2) is 0 Å². The van der Waals surface area contributed by atoms with Crippen LogP contribution in [0.3, 0.4) is 0 Å². The van der Waals surface area contributed by atoms with Crippen molar-refractivity contribution < 1.29 is 0 Å². The van der Waals surface area contributed by atoms with Gasteiger partial charge >= 0.3 is 0 Å². The number of aromatic nitrogens is 1. The molecule has 10 aromatic rings. The quantitative estimate of drug-likeness (QED) is 0.162. The summed E-state index contributed by atoms with van der Waals surface area (Å²) in [7, 11) is 0. The first-order valence-electron chi connectivity index (χ1n) is 18.5. The molecular formula is C52H36N2. The molecule has 54 heavy (non-hydrogen) atoms. The molecule has 0 unspecified atom stereocenters. The van der Waals surface area contributed by atoms with Crippen molar-refractivity contribution in [3.8, 4) is 39.1 Å². The highest BCUT2D eigenvalue weighted by atomic mass is 15.1. The van der Waals surface area contributed by atoms with Gasteiger partial charge in [-0.2, -0.15) is 0 Å². The molecule has 0 aliphatic heterocycles. The summed E-state index contributed by atoms with van der Waals surface area (Å²) in [6, 6.07) is 78.8. The molecule has 0 radical (unpaired) electrons. The van der Waals surface area contributed by atoms with Crippen LogP contribution in [-0.4, -0.2) is 4.57 Å². The van der Waals surface area contributed by atoms with E-state index in [1.807, 2.05) is 0 Å². The molecule has 2 nitrogen and oxygen atoms in total. The molecule has 0 N–H and O–H groups in total. The predicted octanol–water partition coefficient (Wildman–Crippen LogP) is 14.4. The lowest BCUT2D eigenvalue weighted by atomic mass is 9.97. The minimum atomic E-state index is 1.10. The molecule has 0 bridgehead atoms. The third-order valence-corrected chi connectivity index (χ3v) is 10.6. The number of para-hydroxylation sites is 3. The van der Waals surface area contributed by atoms with Gasteiger partial charge in [0.25, 0.3) is 0 Å². The van der Waals surface area contributed by atoms with E-state index in [0.717, 1.165) is 17.1 Å². The SMILES string of the molecule is c1ccc(-c2ccc(N(c3cccc(-c4ccc5ccc6c(c5c4)c4ccccc4n6-c4ccccc4)c3)c3ccccc3-c3ccccc3)cc2)cc1. The van der Waals surface area contributed by atoms with Gasteiger partial charge in [0, 0.05) is 33.4 Å². The second kappa shape index (κ2) is 13.4. The maximum atomic E-state index is 2.40. The zero-order chi connectivity index (χ0) is 35.8. The van der Waals surface area contributed by atoms with Crippen molar-refractivity contribution >= 4 is 49.6 Å². The summed E-state index contributed by atoms with van der Waals surface area (Å²) < 4.78 is 2.39. The number of hydrogen-bond acceptors (Lipinski definition) is 1. The van der Waals surface area contributed by atoms with Crippen molar-refractivity contribution in [1.29, 1.82) is 0 Å². The Balaban J connectivity index is 1.14. The second-order valence-corrected chi connectivity index (χ2v) is 13.8. The normalized spacial score (nSPS) is 11.3. The van der Waals surface area contributed by atoms with Crippen LogP contribution in [0.4, 0.5) is 17.1 Å². The van der Waals surface area contributed by atoms with Crippen LogP contribution in [0, 0.1) is 0 Å². The van der Waals surface area contributed by atoms with Crippen molar-refractivity contribution in [2.75, 3.05) is 4.90 Å². The monoisotopic (exact) mass is 688 g/mol. The molecular weight excluding hydrogens is 653 g/mol. The van der Waals surface area contributed by atoms with E-state index in [4.69, 9.17) is 0 Å². The van der Waals surface area contributed by atoms with E-state index in [-0.39, 0.29) is 0 Å². The van der Waals surface area contributed by atoms with Crippen LogP contribution in [0.5, 0.6) is 0 Å². The Bertz CT molecular complexity index is 2910. The molecule has 0 amide bonds. The fourth-order valence-corrected chi connectivity index (χ4v) is 8.04. The fraction of sp³-hybridized carbons (Fsp3) is 0. The molecule has 0 atom stereocenters. The van der Waals surface area contributed by atoms with Gasteiger partial charge in [0.05, 0.1) is 16.7 Å². The molecule has 0 spiro atoms. The van der Waals surface area contributed by atoms with Gasteiger partial charge in [0.2, 0.25) is 0 Å². The predicted molar refractivity (Wildman–Crippen MR) is 229 cm³/mol. The topological polar surface area (TPSA) is 8.17 Å². The molecule has 0 fully saturated rings. The second-order valence-electron chi connectivity index (χ2n) is 13.8. The van der Waals surface area contributed by atoms with E-state index in [1.165, 1.54) is 71.6 Å². The Hall–Kier alpha value is -7.16. The molecule has 254 valence electrons.